The molecule has 0 unspecified atom stereocenters. The Balaban J connectivity index is 0.000000258. The van der Waals surface area contributed by atoms with Crippen LogP contribution in [0.5, 0.6) is 0 Å². The van der Waals surface area contributed by atoms with Crippen molar-refractivity contribution in [2.45, 2.75) is 121 Å². The molecule has 12 nitrogen and oxygen atoms in total. The minimum atomic E-state index is -2.41. The lowest BCUT2D eigenvalue weighted by molar-refractivity contribution is 0.0283. The summed E-state index contributed by atoms with van der Waals surface area (Å²) in [6.45, 7) is 14.4. The maximum atomic E-state index is 15.1. The lowest BCUT2D eigenvalue weighted by Crippen LogP contribution is -2.56. The van der Waals surface area contributed by atoms with Crippen LogP contribution in [0, 0.1) is 50.0 Å². The zero-order chi connectivity index (χ0) is 53.7. The summed E-state index contributed by atoms with van der Waals surface area (Å²) in [6.07, 6.45) is 1.30. The second-order valence-corrected chi connectivity index (χ2v) is 18.4. The van der Waals surface area contributed by atoms with Crippen molar-refractivity contribution in [1.29, 1.82) is 0 Å². The Morgan fingerprint density at radius 3 is 1.63 bits per heavy atom. The van der Waals surface area contributed by atoms with Gasteiger partial charge in [0.1, 0.15) is 11.6 Å². The van der Waals surface area contributed by atoms with E-state index in [1.807, 2.05) is 34.6 Å². The second kappa shape index (κ2) is 22.0. The molecule has 0 bridgehead atoms. The van der Waals surface area contributed by atoms with Crippen LogP contribution in [0.2, 0.25) is 0 Å². The van der Waals surface area contributed by atoms with E-state index < -0.39 is 74.0 Å². The highest BCUT2D eigenvalue weighted by Gasteiger charge is 2.37. The maximum Gasteiger partial charge on any atom is 0.491 e. The van der Waals surface area contributed by atoms with Crippen LogP contribution >= 0.6 is 11.6 Å². The number of aryl methyl sites for hydroxylation is 4. The molecule has 2 atom stereocenters. The van der Waals surface area contributed by atoms with E-state index in [2.05, 4.69) is 37.0 Å². The summed E-state index contributed by atoms with van der Waals surface area (Å²) >= 11 is 5.27. The summed E-state index contributed by atoms with van der Waals surface area (Å²) in [5, 5.41) is 19.8. The van der Waals surface area contributed by atoms with Gasteiger partial charge in [0.2, 0.25) is 0 Å². The van der Waals surface area contributed by atoms with Crippen molar-refractivity contribution in [1.82, 2.24) is 21.3 Å². The van der Waals surface area contributed by atoms with Crippen molar-refractivity contribution >= 4 is 59.7 Å². The highest BCUT2D eigenvalue weighted by molar-refractivity contribution is 6.67. The number of amides is 3. The van der Waals surface area contributed by atoms with Crippen LogP contribution in [0.4, 0.5) is 8.78 Å². The molecule has 0 saturated carbocycles. The number of nitrogens with one attached hydrogen (secondary N) is 3. The van der Waals surface area contributed by atoms with E-state index >= 15 is 4.39 Å². The first-order chi connectivity index (χ1) is 32.7. The van der Waals surface area contributed by atoms with Gasteiger partial charge in [-0.25, -0.2) is 19.2 Å². The van der Waals surface area contributed by atoms with Gasteiger partial charge in [-0.15, -0.1) is 0 Å². The van der Waals surface area contributed by atoms with E-state index in [4.69, 9.17) is 29.1 Å². The summed E-state index contributed by atoms with van der Waals surface area (Å²) in [6, 6.07) is 13.8. The number of benzene rings is 4. The molecule has 0 aromatic heterocycles. The Bertz CT molecular complexity index is 2630. The number of hydrazine groups is 2. The van der Waals surface area contributed by atoms with Gasteiger partial charge in [0.05, 0.1) is 30.4 Å². The Kier molecular flexibility index (Phi) is 14.9. The van der Waals surface area contributed by atoms with Gasteiger partial charge in [-0.3, -0.25) is 30.0 Å². The first-order valence-electron chi connectivity index (χ1n) is 24.1. The molecule has 2 aliphatic heterocycles. The molecule has 4 aromatic rings. The molecule has 0 saturated heterocycles. The number of hydrogen-bond donors (Lipinski definition) is 5. The fourth-order valence-electron chi connectivity index (χ4n) is 7.60. The molecule has 65 heavy (non-hydrogen) atoms. The van der Waals surface area contributed by atoms with Crippen LogP contribution in [0.25, 0.3) is 0 Å². The molecule has 0 aliphatic carbocycles. The van der Waals surface area contributed by atoms with Crippen molar-refractivity contribution in [2.24, 2.45) is 10.8 Å². The van der Waals surface area contributed by atoms with Crippen LogP contribution < -0.4 is 27.2 Å². The first-order valence-corrected chi connectivity index (χ1v) is 21.4. The van der Waals surface area contributed by atoms with Crippen LogP contribution in [0.1, 0.15) is 151 Å². The smallest absolute Gasteiger partial charge is 0.423 e. The Hall–Kier alpha value is -4.96. The second-order valence-electron chi connectivity index (χ2n) is 18.1. The summed E-state index contributed by atoms with van der Waals surface area (Å²) in [5.41, 5.74) is 9.98. The number of halogens is 3. The topological polar surface area (TPSA) is 167 Å². The van der Waals surface area contributed by atoms with E-state index in [0.717, 1.165) is 6.42 Å². The number of carbonyl (C=O) groups is 4. The van der Waals surface area contributed by atoms with Gasteiger partial charge in [-0.1, -0.05) is 102 Å². The van der Waals surface area contributed by atoms with Crippen molar-refractivity contribution < 1.29 is 55.5 Å². The molecule has 2 aliphatic rings. The third kappa shape index (κ3) is 13.3. The number of hydrogen-bond acceptors (Lipinski definition) is 9. The van der Waals surface area contributed by atoms with Crippen LogP contribution in [-0.4, -0.2) is 64.3 Å². The highest BCUT2D eigenvalue weighted by atomic mass is 35.5. The Morgan fingerprint density at radius 2 is 1.20 bits per heavy atom. The number of carbonyl (C=O) groups excluding carboxylic acids is 4. The van der Waals surface area contributed by atoms with Gasteiger partial charge < -0.3 is 19.4 Å². The van der Waals surface area contributed by atoms with Crippen molar-refractivity contribution in [3.63, 3.8) is 0 Å². The van der Waals surface area contributed by atoms with E-state index in [-0.39, 0.29) is 74.6 Å². The summed E-state index contributed by atoms with van der Waals surface area (Å²) in [5.74, 6) is -3.45. The molecule has 0 spiro atoms. The van der Waals surface area contributed by atoms with E-state index in [0.29, 0.717) is 23.0 Å². The van der Waals surface area contributed by atoms with Gasteiger partial charge in [0.15, 0.2) is 0 Å². The average molecular weight is 923 g/mol. The lowest BCUT2D eigenvalue weighted by Gasteiger charge is -2.39. The highest BCUT2D eigenvalue weighted by Crippen LogP contribution is 2.28. The van der Waals surface area contributed by atoms with Crippen molar-refractivity contribution in [3.8, 4) is 0 Å². The molecule has 6 rings (SSSR count). The molecule has 5 N–H and O–H groups in total. The minimum Gasteiger partial charge on any atom is -0.423 e. The first kappa shape index (κ1) is 43.9. The summed E-state index contributed by atoms with van der Waals surface area (Å²) in [4.78, 5) is 49.9. The number of nitrogens with zero attached hydrogens (tertiary/aromatic N) is 1. The zero-order valence-corrected chi connectivity index (χ0v) is 39.1. The predicted molar refractivity (Wildman–Crippen MR) is 251 cm³/mol. The number of rotatable bonds is 9. The molecule has 0 radical (unpaired) electrons. The summed E-state index contributed by atoms with van der Waals surface area (Å²) in [7, 11) is -2.38. The third-order valence-corrected chi connectivity index (χ3v) is 11.2. The Morgan fingerprint density at radius 1 is 0.738 bits per heavy atom. The third-order valence-electron chi connectivity index (χ3n) is 10.9. The monoisotopic (exact) mass is 922 g/mol. The van der Waals surface area contributed by atoms with Crippen LogP contribution in [0.15, 0.2) is 60.7 Å². The zero-order valence-electron chi connectivity index (χ0n) is 44.3. The number of fused-ring (bicyclic) bond motifs is 2. The predicted octanol–water partition coefficient (Wildman–Crippen LogP) is 7.06. The van der Waals surface area contributed by atoms with Gasteiger partial charge in [0.25, 0.3) is 23.0 Å². The fourth-order valence-corrected chi connectivity index (χ4v) is 7.71. The quantitative estimate of drug-likeness (QED) is 0.0672. The molecule has 2 heterocycles. The SMILES string of the molecule is CC[C@@H](NNC(=O)c1ccc2c(c1F)COB2O)C(C)(C)C.[2H]C([2H])([2H])c1cc(C)cc(C(=O)Cl)c1.[2H]C([2H])([2H])c1cc(C)cc(C(=O)N(NC(=O)c2ccc3c(c2F)COB3O)[C@H](CC)C(C)(C)C)c1. The molecule has 4 aromatic carbocycles. The molecule has 348 valence electrons. The molecule has 0 fully saturated rings. The maximum absolute atomic E-state index is 15.1. The van der Waals surface area contributed by atoms with Crippen LogP contribution in [0.3, 0.4) is 0 Å². The van der Waals surface area contributed by atoms with Crippen LogP contribution in [-0.2, 0) is 22.5 Å². The molecular weight excluding hydrogens is 856 g/mol. The van der Waals surface area contributed by atoms with Gasteiger partial charge in [-0.05, 0) is 110 Å². The Labute approximate surface area is 395 Å². The minimum absolute atomic E-state index is 0.0131. The van der Waals surface area contributed by atoms with Crippen molar-refractivity contribution in [2.75, 3.05) is 0 Å². The average Bonchev–Trinajstić information content (AvgIpc) is 3.84. The van der Waals surface area contributed by atoms with E-state index in [1.165, 1.54) is 53.5 Å². The van der Waals surface area contributed by atoms with Gasteiger partial charge >= 0.3 is 14.2 Å². The summed E-state index contributed by atoms with van der Waals surface area (Å²) < 4.78 is 84.2. The fraction of sp³-hybridized carbons (Fsp3) is 0.417. The van der Waals surface area contributed by atoms with Gasteiger partial charge in [-0.2, -0.15) is 0 Å². The lowest BCUT2D eigenvalue weighted by atomic mass is 9.79. The molecular formula is C48H61B2ClF2N4O8. The van der Waals surface area contributed by atoms with Gasteiger partial charge in [0, 0.05) is 36.5 Å². The van der Waals surface area contributed by atoms with E-state index in [9.17, 15) is 33.6 Å². The van der Waals surface area contributed by atoms with E-state index in [1.54, 1.807) is 26.0 Å². The standard InChI is InChI=1S/C24H30BFN2O4.C15H22BFN2O3.C9H9ClO/c1-7-20(24(4,5)6)28(23(30)16-11-14(2)10-15(3)12-16)27-22(29)17-8-9-19-18(21(17)26)13-32-25(19)31;1-5-12(15(2,3)4)18-19-14(20)9-6-7-11-10(13(9)17)8-22-16(11)21;1-6-3-7(2)5-8(4-6)9(10)11/h8-12,20,31H,7,13H2,1-6H3,(H,27,29);6-7,12,18,21H,5,8H2,1-4H3,(H,19,20);3-5H,1-2H3/t20-;12-;/m11./s1/i2D3;;1D3. The largest absolute Gasteiger partial charge is 0.491 e. The molecule has 3 amide bonds. The normalized spacial score (nSPS) is 15.7. The van der Waals surface area contributed by atoms with Crippen molar-refractivity contribution in [3.05, 3.63) is 128 Å². The molecule has 17 heteroatoms.